The molecule has 112 valence electrons. The van der Waals surface area contributed by atoms with Gasteiger partial charge in [-0.3, -0.25) is 4.79 Å². The maximum Gasteiger partial charge on any atom is 0.225 e. The number of amides is 1. The van der Waals surface area contributed by atoms with Gasteiger partial charge in [0, 0.05) is 37.4 Å². The lowest BCUT2D eigenvalue weighted by atomic mass is 9.93. The van der Waals surface area contributed by atoms with E-state index in [2.05, 4.69) is 32.3 Å². The van der Waals surface area contributed by atoms with Crippen LogP contribution in [0.5, 0.6) is 0 Å². The zero-order valence-electron chi connectivity index (χ0n) is 12.2. The normalized spacial score (nSPS) is 23.0. The van der Waals surface area contributed by atoms with E-state index in [0.717, 1.165) is 51.1 Å². The molecule has 5 heteroatoms. The van der Waals surface area contributed by atoms with Gasteiger partial charge in [0.25, 0.3) is 0 Å². The van der Waals surface area contributed by atoms with Crippen molar-refractivity contribution in [2.45, 2.75) is 38.1 Å². The molecule has 1 N–H and O–H groups in total. The van der Waals surface area contributed by atoms with Crippen LogP contribution in [0.25, 0.3) is 0 Å². The molecule has 1 aromatic heterocycles. The van der Waals surface area contributed by atoms with Gasteiger partial charge in [-0.05, 0) is 38.2 Å². The number of allylic oxidation sites excluding steroid dienone is 2. The zero-order valence-corrected chi connectivity index (χ0v) is 12.2. The smallest absolute Gasteiger partial charge is 0.225 e. The van der Waals surface area contributed by atoms with E-state index < -0.39 is 0 Å². The molecule has 1 atom stereocenters. The Morgan fingerprint density at radius 3 is 2.57 bits per heavy atom. The Morgan fingerprint density at radius 2 is 1.90 bits per heavy atom. The summed E-state index contributed by atoms with van der Waals surface area (Å²) in [5.74, 6) is 1.19. The first-order chi connectivity index (χ1) is 10.3. The van der Waals surface area contributed by atoms with Crippen LogP contribution in [0.15, 0.2) is 30.6 Å². The molecule has 1 aliphatic heterocycles. The highest BCUT2D eigenvalue weighted by Gasteiger charge is 2.25. The van der Waals surface area contributed by atoms with Crippen LogP contribution in [0.3, 0.4) is 0 Å². The minimum atomic E-state index is 0.172. The van der Waals surface area contributed by atoms with Crippen LogP contribution in [0.2, 0.25) is 0 Å². The van der Waals surface area contributed by atoms with Gasteiger partial charge in [-0.25, -0.2) is 9.97 Å². The second-order valence-corrected chi connectivity index (χ2v) is 5.80. The van der Waals surface area contributed by atoms with Crippen molar-refractivity contribution in [3.63, 3.8) is 0 Å². The lowest BCUT2D eigenvalue weighted by molar-refractivity contribution is -0.126. The van der Waals surface area contributed by atoms with Gasteiger partial charge in [0.15, 0.2) is 0 Å². The number of hydrogen-bond donors (Lipinski definition) is 1. The first kappa shape index (κ1) is 14.0. The fraction of sp³-hybridized carbons (Fsp3) is 0.562. The van der Waals surface area contributed by atoms with Gasteiger partial charge < -0.3 is 10.2 Å². The van der Waals surface area contributed by atoms with E-state index in [0.29, 0.717) is 6.04 Å². The summed E-state index contributed by atoms with van der Waals surface area (Å²) in [6.45, 7) is 1.80. The number of carbonyl (C=O) groups excluding carboxylic acids is 1. The minimum absolute atomic E-state index is 0.172. The molecule has 3 rings (SSSR count). The third kappa shape index (κ3) is 3.60. The second-order valence-electron chi connectivity index (χ2n) is 5.80. The van der Waals surface area contributed by atoms with Crippen molar-refractivity contribution in [3.05, 3.63) is 30.6 Å². The average Bonchev–Trinajstić information content (AvgIpc) is 2.57. The number of rotatable bonds is 3. The van der Waals surface area contributed by atoms with Gasteiger partial charge in [-0.2, -0.15) is 0 Å². The molecule has 0 aromatic carbocycles. The number of nitrogens with zero attached hydrogens (tertiary/aromatic N) is 3. The summed E-state index contributed by atoms with van der Waals surface area (Å²) in [5.41, 5.74) is 0. The highest BCUT2D eigenvalue weighted by atomic mass is 16.1. The molecule has 21 heavy (non-hydrogen) atoms. The Kier molecular flexibility index (Phi) is 4.48. The summed E-state index contributed by atoms with van der Waals surface area (Å²) in [6, 6.07) is 2.12. The molecule has 1 fully saturated rings. The molecule has 2 heterocycles. The van der Waals surface area contributed by atoms with Crippen LogP contribution < -0.4 is 10.2 Å². The Morgan fingerprint density at radius 1 is 1.14 bits per heavy atom. The highest BCUT2D eigenvalue weighted by molar-refractivity contribution is 5.79. The SMILES string of the molecule is O=C(NC1CCN(c2ncccn2)CC1)[C@@H]1CC=CCC1. The van der Waals surface area contributed by atoms with Gasteiger partial charge in [0.05, 0.1) is 0 Å². The molecule has 0 radical (unpaired) electrons. The van der Waals surface area contributed by atoms with Crippen molar-refractivity contribution >= 4 is 11.9 Å². The minimum Gasteiger partial charge on any atom is -0.353 e. The number of piperidine rings is 1. The predicted octanol–water partition coefficient (Wildman–Crippen LogP) is 1.92. The molecule has 0 unspecified atom stereocenters. The molecule has 2 aliphatic rings. The van der Waals surface area contributed by atoms with Crippen LogP contribution in [-0.2, 0) is 4.79 Å². The van der Waals surface area contributed by atoms with Crippen LogP contribution >= 0.6 is 0 Å². The molecular formula is C16H22N4O. The lowest BCUT2D eigenvalue weighted by Gasteiger charge is -2.33. The molecule has 1 saturated heterocycles. The van der Waals surface area contributed by atoms with Crippen molar-refractivity contribution < 1.29 is 4.79 Å². The number of nitrogens with one attached hydrogen (secondary N) is 1. The molecule has 0 bridgehead atoms. The quantitative estimate of drug-likeness (QED) is 0.862. The van der Waals surface area contributed by atoms with E-state index in [-0.39, 0.29) is 11.8 Å². The molecule has 0 saturated carbocycles. The van der Waals surface area contributed by atoms with E-state index in [1.165, 1.54) is 0 Å². The van der Waals surface area contributed by atoms with E-state index >= 15 is 0 Å². The van der Waals surface area contributed by atoms with Gasteiger partial charge in [0.2, 0.25) is 11.9 Å². The average molecular weight is 286 g/mol. The molecule has 0 spiro atoms. The first-order valence-electron chi connectivity index (χ1n) is 7.80. The first-order valence-corrected chi connectivity index (χ1v) is 7.80. The molecule has 1 aromatic rings. The van der Waals surface area contributed by atoms with Crippen LogP contribution in [-0.4, -0.2) is 35.0 Å². The second kappa shape index (κ2) is 6.70. The number of hydrogen-bond acceptors (Lipinski definition) is 4. The van der Waals surface area contributed by atoms with Gasteiger partial charge in [-0.15, -0.1) is 0 Å². The lowest BCUT2D eigenvalue weighted by Crippen LogP contribution is -2.46. The Balaban J connectivity index is 1.47. The van der Waals surface area contributed by atoms with E-state index in [1.54, 1.807) is 12.4 Å². The van der Waals surface area contributed by atoms with Crippen molar-refractivity contribution in [1.82, 2.24) is 15.3 Å². The predicted molar refractivity (Wildman–Crippen MR) is 81.9 cm³/mol. The summed E-state index contributed by atoms with van der Waals surface area (Å²) in [4.78, 5) is 23.0. The maximum absolute atomic E-state index is 12.2. The molecule has 1 aliphatic carbocycles. The molecule has 1 amide bonds. The van der Waals surface area contributed by atoms with Gasteiger partial charge >= 0.3 is 0 Å². The fourth-order valence-corrected chi connectivity index (χ4v) is 3.03. The number of anilines is 1. The summed E-state index contributed by atoms with van der Waals surface area (Å²) < 4.78 is 0. The van der Waals surface area contributed by atoms with E-state index in [9.17, 15) is 4.79 Å². The van der Waals surface area contributed by atoms with Crippen LogP contribution in [0.4, 0.5) is 5.95 Å². The summed E-state index contributed by atoms with van der Waals surface area (Å²) >= 11 is 0. The Labute approximate surface area is 125 Å². The monoisotopic (exact) mass is 286 g/mol. The summed E-state index contributed by atoms with van der Waals surface area (Å²) in [6.07, 6.45) is 12.7. The van der Waals surface area contributed by atoms with Crippen molar-refractivity contribution in [3.8, 4) is 0 Å². The third-order valence-corrected chi connectivity index (χ3v) is 4.32. The summed E-state index contributed by atoms with van der Waals surface area (Å²) in [5, 5.41) is 3.22. The van der Waals surface area contributed by atoms with E-state index in [1.807, 2.05) is 6.07 Å². The molecular weight excluding hydrogens is 264 g/mol. The Hall–Kier alpha value is -1.91. The summed E-state index contributed by atoms with van der Waals surface area (Å²) in [7, 11) is 0. The highest BCUT2D eigenvalue weighted by Crippen LogP contribution is 2.20. The third-order valence-electron chi connectivity index (χ3n) is 4.32. The Bertz CT molecular complexity index is 494. The van der Waals surface area contributed by atoms with Crippen molar-refractivity contribution in [1.29, 1.82) is 0 Å². The van der Waals surface area contributed by atoms with Crippen LogP contribution in [0, 0.1) is 5.92 Å². The van der Waals surface area contributed by atoms with Gasteiger partial charge in [-0.1, -0.05) is 12.2 Å². The van der Waals surface area contributed by atoms with Crippen molar-refractivity contribution in [2.24, 2.45) is 5.92 Å². The number of aromatic nitrogens is 2. The van der Waals surface area contributed by atoms with Crippen LogP contribution in [0.1, 0.15) is 32.1 Å². The number of carbonyl (C=O) groups is 1. The van der Waals surface area contributed by atoms with E-state index in [4.69, 9.17) is 0 Å². The maximum atomic E-state index is 12.2. The van der Waals surface area contributed by atoms with Gasteiger partial charge in [0.1, 0.15) is 0 Å². The largest absolute Gasteiger partial charge is 0.353 e. The standard InChI is InChI=1S/C16H22N4O/c21-15(13-5-2-1-3-6-13)19-14-7-11-20(12-8-14)16-17-9-4-10-18-16/h1-2,4,9-10,13-14H,3,5-8,11-12H2,(H,19,21)/t13-/m1/s1. The fourth-order valence-electron chi connectivity index (χ4n) is 3.03. The van der Waals surface area contributed by atoms with Crippen molar-refractivity contribution in [2.75, 3.05) is 18.0 Å². The topological polar surface area (TPSA) is 58.1 Å². The molecule has 5 nitrogen and oxygen atoms in total. The zero-order chi connectivity index (χ0) is 14.5.